The molecule has 0 saturated heterocycles. The molecule has 0 unspecified atom stereocenters. The van der Waals surface area contributed by atoms with Gasteiger partial charge in [-0.3, -0.25) is 0 Å². The second-order valence-electron chi connectivity index (χ2n) is 5.98. The van der Waals surface area contributed by atoms with E-state index in [-0.39, 0.29) is 6.03 Å². The number of amides is 2. The van der Waals surface area contributed by atoms with Crippen molar-refractivity contribution in [3.05, 3.63) is 71.9 Å². The molecule has 0 aliphatic carbocycles. The lowest BCUT2D eigenvalue weighted by molar-refractivity contribution is 0.240. The smallest absolute Gasteiger partial charge is 0.315 e. The Bertz CT molecular complexity index is 880. The fourth-order valence-electron chi connectivity index (χ4n) is 2.75. The number of fused-ring (bicyclic) bond motifs is 1. The number of hydrogen-bond donors (Lipinski definition) is 2. The molecule has 1 aromatic heterocycles. The van der Waals surface area contributed by atoms with Gasteiger partial charge in [-0.25, -0.2) is 9.78 Å². The fraction of sp³-hybridized carbons (Fsp3) is 0.238. The highest BCUT2D eigenvalue weighted by molar-refractivity contribution is 5.83. The van der Waals surface area contributed by atoms with E-state index in [4.69, 9.17) is 4.74 Å². The number of carbonyl (C=O) groups is 1. The summed E-state index contributed by atoms with van der Waals surface area (Å²) >= 11 is 0. The van der Waals surface area contributed by atoms with E-state index < -0.39 is 0 Å². The van der Waals surface area contributed by atoms with Crippen molar-refractivity contribution in [3.63, 3.8) is 0 Å². The van der Waals surface area contributed by atoms with Gasteiger partial charge in [0.1, 0.15) is 0 Å². The van der Waals surface area contributed by atoms with Gasteiger partial charge in [-0.2, -0.15) is 0 Å². The molecule has 0 fully saturated rings. The number of rotatable bonds is 7. The van der Waals surface area contributed by atoms with Gasteiger partial charge in [0.25, 0.3) is 0 Å². The minimum Gasteiger partial charge on any atom is -0.478 e. The normalized spacial score (nSPS) is 10.5. The monoisotopic (exact) mass is 349 g/mol. The Morgan fingerprint density at radius 3 is 2.69 bits per heavy atom. The van der Waals surface area contributed by atoms with Crippen LogP contribution in [0, 0.1) is 0 Å². The van der Waals surface area contributed by atoms with Gasteiger partial charge in [0, 0.05) is 25.4 Å². The van der Waals surface area contributed by atoms with Crippen molar-refractivity contribution >= 4 is 16.8 Å². The molecule has 2 aromatic carbocycles. The Kier molecular flexibility index (Phi) is 6.04. The predicted molar refractivity (Wildman–Crippen MR) is 103 cm³/mol. The van der Waals surface area contributed by atoms with Crippen LogP contribution in [0.15, 0.2) is 60.8 Å². The van der Waals surface area contributed by atoms with Gasteiger partial charge >= 0.3 is 6.03 Å². The van der Waals surface area contributed by atoms with Crippen LogP contribution >= 0.6 is 0 Å². The molecule has 3 aromatic rings. The maximum atomic E-state index is 12.0. The first-order valence-corrected chi connectivity index (χ1v) is 8.81. The van der Waals surface area contributed by atoms with E-state index in [0.717, 1.165) is 12.0 Å². The van der Waals surface area contributed by atoms with E-state index in [1.807, 2.05) is 31.2 Å². The van der Waals surface area contributed by atoms with Gasteiger partial charge < -0.3 is 15.4 Å². The van der Waals surface area contributed by atoms with Crippen LogP contribution in [-0.2, 0) is 13.0 Å². The average molecular weight is 349 g/mol. The summed E-state index contributed by atoms with van der Waals surface area (Å²) in [6, 6.07) is 18.2. The molecule has 0 radical (unpaired) electrons. The van der Waals surface area contributed by atoms with Gasteiger partial charge in [-0.1, -0.05) is 42.5 Å². The highest BCUT2D eigenvalue weighted by atomic mass is 16.5. The van der Waals surface area contributed by atoms with Crippen LogP contribution < -0.4 is 15.4 Å². The molecule has 26 heavy (non-hydrogen) atoms. The van der Waals surface area contributed by atoms with E-state index in [9.17, 15) is 4.79 Å². The van der Waals surface area contributed by atoms with Crippen LogP contribution in [-0.4, -0.2) is 24.2 Å². The Hall–Kier alpha value is -3.08. The molecule has 0 spiro atoms. The van der Waals surface area contributed by atoms with Crippen molar-refractivity contribution in [3.8, 4) is 5.88 Å². The van der Waals surface area contributed by atoms with Gasteiger partial charge in [-0.05, 0) is 41.3 Å². The summed E-state index contributed by atoms with van der Waals surface area (Å²) in [5.74, 6) is 0.573. The fourth-order valence-corrected chi connectivity index (χ4v) is 2.75. The zero-order valence-corrected chi connectivity index (χ0v) is 14.9. The maximum absolute atomic E-state index is 12.0. The zero-order chi connectivity index (χ0) is 18.2. The minimum atomic E-state index is -0.180. The molecular weight excluding hydrogens is 326 g/mol. The van der Waals surface area contributed by atoms with Gasteiger partial charge in [-0.15, -0.1) is 0 Å². The highest BCUT2D eigenvalue weighted by Gasteiger charge is 2.03. The lowest BCUT2D eigenvalue weighted by atomic mass is 10.1. The van der Waals surface area contributed by atoms with Crippen LogP contribution in [0.25, 0.3) is 10.8 Å². The van der Waals surface area contributed by atoms with E-state index >= 15 is 0 Å². The first kappa shape index (κ1) is 17.7. The van der Waals surface area contributed by atoms with Crippen molar-refractivity contribution < 1.29 is 9.53 Å². The Labute approximate surface area is 153 Å². The summed E-state index contributed by atoms with van der Waals surface area (Å²) in [6.45, 7) is 3.50. The molecule has 5 heteroatoms. The van der Waals surface area contributed by atoms with Crippen LogP contribution in [0.4, 0.5) is 4.79 Å². The summed E-state index contributed by atoms with van der Waals surface area (Å²) < 4.78 is 5.36. The third kappa shape index (κ3) is 4.96. The summed E-state index contributed by atoms with van der Waals surface area (Å²) in [6.07, 6.45) is 2.47. The number of pyridine rings is 1. The number of aromatic nitrogens is 1. The van der Waals surface area contributed by atoms with Crippen LogP contribution in [0.2, 0.25) is 0 Å². The molecule has 0 atom stereocenters. The maximum Gasteiger partial charge on any atom is 0.315 e. The SMILES string of the molecule is CCOc1cc(CNC(=O)NCCc2ccc3ccccc3c2)ccn1. The first-order valence-electron chi connectivity index (χ1n) is 8.81. The van der Waals surface area contributed by atoms with Crippen molar-refractivity contribution in [1.29, 1.82) is 0 Å². The van der Waals surface area contributed by atoms with E-state index in [1.54, 1.807) is 6.20 Å². The second kappa shape index (κ2) is 8.85. The number of urea groups is 1. The first-order chi connectivity index (χ1) is 12.7. The van der Waals surface area contributed by atoms with Gasteiger partial charge in [0.05, 0.1) is 6.61 Å². The summed E-state index contributed by atoms with van der Waals surface area (Å²) in [7, 11) is 0. The minimum absolute atomic E-state index is 0.180. The third-order valence-corrected chi connectivity index (χ3v) is 4.06. The topological polar surface area (TPSA) is 63.2 Å². The molecule has 0 aliphatic heterocycles. The van der Waals surface area contributed by atoms with E-state index in [2.05, 4.69) is 45.9 Å². The molecule has 5 nitrogen and oxygen atoms in total. The number of nitrogens with one attached hydrogen (secondary N) is 2. The lowest BCUT2D eigenvalue weighted by Crippen LogP contribution is -2.36. The Morgan fingerprint density at radius 2 is 1.85 bits per heavy atom. The van der Waals surface area contributed by atoms with Crippen molar-refractivity contribution in [2.45, 2.75) is 19.9 Å². The highest BCUT2D eigenvalue weighted by Crippen LogP contribution is 2.15. The van der Waals surface area contributed by atoms with Crippen molar-refractivity contribution in [1.82, 2.24) is 15.6 Å². The Morgan fingerprint density at radius 1 is 1.00 bits per heavy atom. The molecular formula is C21H23N3O2. The number of carbonyl (C=O) groups excluding carboxylic acids is 1. The number of benzene rings is 2. The zero-order valence-electron chi connectivity index (χ0n) is 14.9. The molecule has 0 saturated carbocycles. The summed E-state index contributed by atoms with van der Waals surface area (Å²) in [5, 5.41) is 8.19. The molecule has 1 heterocycles. The standard InChI is InChI=1S/C21H23N3O2/c1-2-26-20-14-17(10-11-22-20)15-24-21(25)23-12-9-16-7-8-18-5-3-4-6-19(18)13-16/h3-8,10-11,13-14H,2,9,12,15H2,1H3,(H2,23,24,25). The number of ether oxygens (including phenoxy) is 1. The lowest BCUT2D eigenvalue weighted by Gasteiger charge is -2.09. The van der Waals surface area contributed by atoms with Crippen molar-refractivity contribution in [2.75, 3.05) is 13.2 Å². The average Bonchev–Trinajstić information content (AvgIpc) is 2.67. The third-order valence-electron chi connectivity index (χ3n) is 4.06. The van der Waals surface area contributed by atoms with Gasteiger partial charge in [0.2, 0.25) is 5.88 Å². The van der Waals surface area contributed by atoms with E-state index in [0.29, 0.717) is 25.6 Å². The number of hydrogen-bond acceptors (Lipinski definition) is 3. The molecule has 3 rings (SSSR count). The Balaban J connectivity index is 1.44. The summed E-state index contributed by atoms with van der Waals surface area (Å²) in [5.41, 5.74) is 2.16. The van der Waals surface area contributed by atoms with E-state index in [1.165, 1.54) is 16.3 Å². The van der Waals surface area contributed by atoms with Crippen LogP contribution in [0.1, 0.15) is 18.1 Å². The molecule has 2 N–H and O–H groups in total. The second-order valence-corrected chi connectivity index (χ2v) is 5.98. The quantitative estimate of drug-likeness (QED) is 0.684. The molecule has 0 aliphatic rings. The summed E-state index contributed by atoms with van der Waals surface area (Å²) in [4.78, 5) is 16.1. The van der Waals surface area contributed by atoms with Crippen LogP contribution in [0.5, 0.6) is 5.88 Å². The van der Waals surface area contributed by atoms with Crippen molar-refractivity contribution in [2.24, 2.45) is 0 Å². The van der Waals surface area contributed by atoms with Gasteiger partial charge in [0.15, 0.2) is 0 Å². The largest absolute Gasteiger partial charge is 0.478 e. The molecule has 0 bridgehead atoms. The number of nitrogens with zero attached hydrogens (tertiary/aromatic N) is 1. The van der Waals surface area contributed by atoms with Crippen LogP contribution in [0.3, 0.4) is 0 Å². The molecule has 134 valence electrons. The molecule has 2 amide bonds. The predicted octanol–water partition coefficient (Wildman–Crippen LogP) is 3.68.